The lowest BCUT2D eigenvalue weighted by Gasteiger charge is -2.36. The average Bonchev–Trinajstić information content (AvgIpc) is 2.58. The van der Waals surface area contributed by atoms with Gasteiger partial charge in [0.05, 0.1) is 12.3 Å². The Morgan fingerprint density at radius 3 is 2.42 bits per heavy atom. The van der Waals surface area contributed by atoms with Crippen LogP contribution in [-0.2, 0) is 9.57 Å². The molecule has 8 nitrogen and oxygen atoms in total. The Kier molecular flexibility index (Phi) is 6.36. The quantitative estimate of drug-likeness (QED) is 0.646. The highest BCUT2D eigenvalue weighted by Gasteiger charge is 2.27. The van der Waals surface area contributed by atoms with Gasteiger partial charge in [0.15, 0.2) is 0 Å². The molecular weight excluding hydrogens is 343 g/mol. The van der Waals surface area contributed by atoms with Gasteiger partial charge in [-0.2, -0.15) is 4.39 Å². The molecule has 144 valence electrons. The van der Waals surface area contributed by atoms with E-state index in [-0.39, 0.29) is 11.8 Å². The summed E-state index contributed by atoms with van der Waals surface area (Å²) in [6.45, 7) is 9.18. The molecule has 1 aliphatic rings. The van der Waals surface area contributed by atoms with Crippen LogP contribution in [0.2, 0.25) is 0 Å². The summed E-state index contributed by atoms with van der Waals surface area (Å²) < 4.78 is 19.7. The van der Waals surface area contributed by atoms with Gasteiger partial charge in [-0.3, -0.25) is 9.63 Å². The minimum atomic E-state index is -0.736. The van der Waals surface area contributed by atoms with Crippen LogP contribution in [0, 0.1) is 5.95 Å². The van der Waals surface area contributed by atoms with E-state index in [1.54, 1.807) is 16.7 Å². The SMILES string of the molecule is CCONC(=O)c1ccc(N2CCN(C(=O)OC(C)(C)C)CC2)c(F)n1. The van der Waals surface area contributed by atoms with Crippen LogP contribution in [0.1, 0.15) is 38.2 Å². The topological polar surface area (TPSA) is 84.0 Å². The minimum Gasteiger partial charge on any atom is -0.444 e. The van der Waals surface area contributed by atoms with Gasteiger partial charge in [0, 0.05) is 26.2 Å². The lowest BCUT2D eigenvalue weighted by Crippen LogP contribution is -2.50. The van der Waals surface area contributed by atoms with Crippen molar-refractivity contribution in [2.45, 2.75) is 33.3 Å². The van der Waals surface area contributed by atoms with Crippen molar-refractivity contribution in [2.75, 3.05) is 37.7 Å². The summed E-state index contributed by atoms with van der Waals surface area (Å²) in [6.07, 6.45) is -0.376. The van der Waals surface area contributed by atoms with Gasteiger partial charge in [-0.05, 0) is 39.8 Å². The zero-order valence-electron chi connectivity index (χ0n) is 15.5. The summed E-state index contributed by atoms with van der Waals surface area (Å²) in [5.41, 5.74) is 1.85. The number of pyridine rings is 1. The number of hydrogen-bond acceptors (Lipinski definition) is 6. The maximum absolute atomic E-state index is 14.3. The molecule has 0 spiro atoms. The van der Waals surface area contributed by atoms with Gasteiger partial charge >= 0.3 is 6.09 Å². The molecule has 1 aromatic rings. The van der Waals surface area contributed by atoms with E-state index in [1.807, 2.05) is 20.8 Å². The average molecular weight is 368 g/mol. The number of nitrogens with zero attached hydrogens (tertiary/aromatic N) is 3. The molecule has 1 aliphatic heterocycles. The third-order valence-electron chi connectivity index (χ3n) is 3.64. The first-order chi connectivity index (χ1) is 12.2. The first-order valence-corrected chi connectivity index (χ1v) is 8.53. The normalized spacial score (nSPS) is 15.0. The Morgan fingerprint density at radius 2 is 1.88 bits per heavy atom. The molecule has 1 aromatic heterocycles. The Hall–Kier alpha value is -2.42. The van der Waals surface area contributed by atoms with Crippen molar-refractivity contribution < 1.29 is 23.6 Å². The minimum absolute atomic E-state index is 0.0629. The molecule has 0 aromatic carbocycles. The lowest BCUT2D eigenvalue weighted by atomic mass is 10.2. The largest absolute Gasteiger partial charge is 0.444 e. The fourth-order valence-electron chi connectivity index (χ4n) is 2.44. The van der Waals surface area contributed by atoms with E-state index in [0.717, 1.165) is 0 Å². The molecule has 2 heterocycles. The van der Waals surface area contributed by atoms with Gasteiger partial charge in [0.2, 0.25) is 5.95 Å². The van der Waals surface area contributed by atoms with Crippen molar-refractivity contribution in [3.8, 4) is 0 Å². The maximum Gasteiger partial charge on any atom is 0.410 e. The van der Waals surface area contributed by atoms with E-state index < -0.39 is 17.5 Å². The Morgan fingerprint density at radius 1 is 1.23 bits per heavy atom. The zero-order chi connectivity index (χ0) is 19.3. The molecular formula is C17H25FN4O4. The molecule has 0 aliphatic carbocycles. The predicted molar refractivity (Wildman–Crippen MR) is 93.3 cm³/mol. The maximum atomic E-state index is 14.3. The number of hydrogen-bond donors (Lipinski definition) is 1. The number of hydroxylamine groups is 1. The Balaban J connectivity index is 1.97. The van der Waals surface area contributed by atoms with Gasteiger partial charge in [-0.15, -0.1) is 0 Å². The fourth-order valence-corrected chi connectivity index (χ4v) is 2.44. The third-order valence-corrected chi connectivity index (χ3v) is 3.64. The van der Waals surface area contributed by atoms with Crippen molar-refractivity contribution in [1.29, 1.82) is 0 Å². The van der Waals surface area contributed by atoms with Gasteiger partial charge in [-0.25, -0.2) is 15.3 Å². The second-order valence-corrected chi connectivity index (χ2v) is 6.83. The predicted octanol–water partition coefficient (Wildman–Crippen LogP) is 1.96. The van der Waals surface area contributed by atoms with Crippen LogP contribution in [0.4, 0.5) is 14.9 Å². The molecule has 1 N–H and O–H groups in total. The summed E-state index contributed by atoms with van der Waals surface area (Å²) >= 11 is 0. The molecule has 2 amide bonds. The number of carbonyl (C=O) groups is 2. The van der Waals surface area contributed by atoms with Crippen LogP contribution in [0.3, 0.4) is 0 Å². The van der Waals surface area contributed by atoms with Crippen molar-refractivity contribution in [1.82, 2.24) is 15.4 Å². The summed E-state index contributed by atoms with van der Waals surface area (Å²) in [6, 6.07) is 2.94. The molecule has 1 fully saturated rings. The molecule has 26 heavy (non-hydrogen) atoms. The van der Waals surface area contributed by atoms with E-state index in [0.29, 0.717) is 38.5 Å². The van der Waals surface area contributed by atoms with Gasteiger partial charge in [0.1, 0.15) is 11.3 Å². The summed E-state index contributed by atoms with van der Waals surface area (Å²) in [4.78, 5) is 35.7. The number of piperazine rings is 1. The van der Waals surface area contributed by atoms with Crippen molar-refractivity contribution in [3.63, 3.8) is 0 Å². The number of aromatic nitrogens is 1. The molecule has 0 bridgehead atoms. The number of ether oxygens (including phenoxy) is 1. The number of halogens is 1. The van der Waals surface area contributed by atoms with Gasteiger partial charge in [-0.1, -0.05) is 0 Å². The van der Waals surface area contributed by atoms with E-state index in [9.17, 15) is 14.0 Å². The van der Waals surface area contributed by atoms with Crippen LogP contribution in [-0.4, -0.2) is 60.3 Å². The number of rotatable bonds is 4. The summed E-state index contributed by atoms with van der Waals surface area (Å²) in [5, 5.41) is 0. The Labute approximate surface area is 152 Å². The van der Waals surface area contributed by atoms with Gasteiger partial charge in [0.25, 0.3) is 5.91 Å². The fraction of sp³-hybridized carbons (Fsp3) is 0.588. The molecule has 0 saturated carbocycles. The van der Waals surface area contributed by atoms with E-state index >= 15 is 0 Å². The van der Waals surface area contributed by atoms with Crippen molar-refractivity contribution in [3.05, 3.63) is 23.8 Å². The van der Waals surface area contributed by atoms with E-state index in [2.05, 4.69) is 10.5 Å². The molecule has 9 heteroatoms. The van der Waals surface area contributed by atoms with Crippen molar-refractivity contribution >= 4 is 17.7 Å². The number of amides is 2. The number of anilines is 1. The molecule has 0 radical (unpaired) electrons. The lowest BCUT2D eigenvalue weighted by molar-refractivity contribution is 0.0240. The van der Waals surface area contributed by atoms with Gasteiger partial charge < -0.3 is 14.5 Å². The highest BCUT2D eigenvalue weighted by molar-refractivity contribution is 5.91. The third kappa shape index (κ3) is 5.29. The van der Waals surface area contributed by atoms with Crippen LogP contribution in [0.25, 0.3) is 0 Å². The molecule has 0 unspecified atom stereocenters. The van der Waals surface area contributed by atoms with Crippen LogP contribution in [0.15, 0.2) is 12.1 Å². The summed E-state index contributed by atoms with van der Waals surface area (Å²) in [7, 11) is 0. The first kappa shape index (κ1) is 19.9. The van der Waals surface area contributed by atoms with Crippen LogP contribution in [0.5, 0.6) is 0 Å². The summed E-state index contributed by atoms with van der Waals surface area (Å²) in [5.74, 6) is -1.34. The first-order valence-electron chi connectivity index (χ1n) is 8.53. The van der Waals surface area contributed by atoms with E-state index in [4.69, 9.17) is 9.57 Å². The highest BCUT2D eigenvalue weighted by atomic mass is 19.1. The number of carbonyl (C=O) groups excluding carboxylic acids is 2. The van der Waals surface area contributed by atoms with E-state index in [1.165, 1.54) is 12.1 Å². The Bertz CT molecular complexity index is 655. The number of nitrogens with one attached hydrogen (secondary N) is 1. The second-order valence-electron chi connectivity index (χ2n) is 6.83. The van der Waals surface area contributed by atoms with Crippen LogP contribution < -0.4 is 10.4 Å². The molecule has 0 atom stereocenters. The highest BCUT2D eigenvalue weighted by Crippen LogP contribution is 2.21. The molecule has 2 rings (SSSR count). The standard InChI is InChI=1S/C17H25FN4O4/c1-5-25-20-15(23)12-6-7-13(14(18)19-12)21-8-10-22(11-9-21)16(24)26-17(2,3)4/h6-7H,5,8-11H2,1-4H3,(H,20,23). The zero-order valence-corrected chi connectivity index (χ0v) is 15.5. The monoisotopic (exact) mass is 368 g/mol. The van der Waals surface area contributed by atoms with Crippen molar-refractivity contribution in [2.24, 2.45) is 0 Å². The molecule has 1 saturated heterocycles. The second kappa shape index (κ2) is 8.31. The van der Waals surface area contributed by atoms with Crippen LogP contribution >= 0.6 is 0 Å². The smallest absolute Gasteiger partial charge is 0.410 e.